The molecule has 0 fully saturated rings. The third-order valence-corrected chi connectivity index (χ3v) is 3.27. The van der Waals surface area contributed by atoms with Gasteiger partial charge in [0.15, 0.2) is 5.65 Å². The second-order valence-electron chi connectivity index (χ2n) is 4.50. The lowest BCUT2D eigenvalue weighted by atomic mass is 10.1. The smallest absolute Gasteiger partial charge is 0.159 e. The summed E-state index contributed by atoms with van der Waals surface area (Å²) >= 11 is 0. The summed E-state index contributed by atoms with van der Waals surface area (Å²) in [6.45, 7) is 0. The minimum atomic E-state index is 0.734. The van der Waals surface area contributed by atoms with Crippen molar-refractivity contribution in [3.63, 3.8) is 0 Å². The number of nitrogens with zero attached hydrogens (tertiary/aromatic N) is 4. The molecule has 0 unspecified atom stereocenters. The molecule has 0 aromatic carbocycles. The van der Waals surface area contributed by atoms with Crippen LogP contribution in [-0.4, -0.2) is 19.9 Å². The first-order valence-electron chi connectivity index (χ1n) is 6.33. The molecule has 20 heavy (non-hydrogen) atoms. The maximum Gasteiger partial charge on any atom is 0.159 e. The minimum absolute atomic E-state index is 0.734. The predicted molar refractivity (Wildman–Crippen MR) is 78.1 cm³/mol. The molecule has 4 aromatic rings. The lowest BCUT2D eigenvalue weighted by Crippen LogP contribution is -1.91. The van der Waals surface area contributed by atoms with E-state index in [0.717, 1.165) is 33.2 Å². The first-order valence-corrected chi connectivity index (χ1v) is 6.33. The van der Waals surface area contributed by atoms with Gasteiger partial charge in [-0.05, 0) is 36.4 Å². The van der Waals surface area contributed by atoms with Crippen molar-refractivity contribution in [3.05, 3.63) is 61.2 Å². The second-order valence-corrected chi connectivity index (χ2v) is 4.50. The van der Waals surface area contributed by atoms with Crippen LogP contribution in [0.1, 0.15) is 0 Å². The van der Waals surface area contributed by atoms with Gasteiger partial charge in [-0.15, -0.1) is 0 Å². The molecule has 0 N–H and O–H groups in total. The molecule has 0 aliphatic heterocycles. The van der Waals surface area contributed by atoms with Crippen molar-refractivity contribution in [2.45, 2.75) is 0 Å². The van der Waals surface area contributed by atoms with E-state index >= 15 is 0 Å². The Labute approximate surface area is 115 Å². The zero-order valence-corrected chi connectivity index (χ0v) is 10.6. The Hall–Kier alpha value is -2.88. The van der Waals surface area contributed by atoms with E-state index in [4.69, 9.17) is 0 Å². The van der Waals surface area contributed by atoms with Crippen LogP contribution in [0.25, 0.3) is 33.2 Å². The van der Waals surface area contributed by atoms with Crippen molar-refractivity contribution in [2.24, 2.45) is 0 Å². The van der Waals surface area contributed by atoms with Crippen LogP contribution in [0.15, 0.2) is 61.2 Å². The predicted octanol–water partition coefficient (Wildman–Crippen LogP) is 3.24. The number of aromatic nitrogens is 4. The Morgan fingerprint density at radius 2 is 1.75 bits per heavy atom. The molecule has 4 nitrogen and oxygen atoms in total. The lowest BCUT2D eigenvalue weighted by Gasteiger charge is -2.05. The van der Waals surface area contributed by atoms with Crippen LogP contribution in [0.2, 0.25) is 0 Å². The van der Waals surface area contributed by atoms with E-state index in [1.165, 1.54) is 0 Å². The molecule has 0 amide bonds. The van der Waals surface area contributed by atoms with Gasteiger partial charge in [0.2, 0.25) is 0 Å². The molecule has 0 aliphatic rings. The summed E-state index contributed by atoms with van der Waals surface area (Å²) in [5, 5.41) is 3.13. The van der Waals surface area contributed by atoms with E-state index in [1.54, 1.807) is 18.6 Å². The average molecular weight is 258 g/mol. The maximum atomic E-state index is 4.60. The molecule has 0 atom stereocenters. The first-order chi connectivity index (χ1) is 9.92. The van der Waals surface area contributed by atoms with Crippen molar-refractivity contribution in [1.82, 2.24) is 19.9 Å². The van der Waals surface area contributed by atoms with Crippen molar-refractivity contribution < 1.29 is 0 Å². The number of hydrogen-bond acceptors (Lipinski definition) is 4. The second kappa shape index (κ2) is 4.35. The molecule has 4 aromatic heterocycles. The van der Waals surface area contributed by atoms with Crippen molar-refractivity contribution >= 4 is 21.8 Å². The quantitative estimate of drug-likeness (QED) is 0.526. The van der Waals surface area contributed by atoms with E-state index < -0.39 is 0 Å². The first kappa shape index (κ1) is 11.0. The number of fused-ring (bicyclic) bond motifs is 2. The molecule has 4 heteroatoms. The molecule has 94 valence electrons. The highest BCUT2D eigenvalue weighted by Crippen LogP contribution is 2.25. The topological polar surface area (TPSA) is 51.6 Å². The largest absolute Gasteiger partial charge is 0.264 e. The molecule has 0 spiro atoms. The van der Waals surface area contributed by atoms with Gasteiger partial charge in [-0.2, -0.15) is 0 Å². The van der Waals surface area contributed by atoms with Crippen molar-refractivity contribution in [1.29, 1.82) is 0 Å². The fourth-order valence-electron chi connectivity index (χ4n) is 2.31. The Bertz CT molecular complexity index is 913. The molecule has 4 rings (SSSR count). The summed E-state index contributed by atoms with van der Waals surface area (Å²) < 4.78 is 0. The van der Waals surface area contributed by atoms with E-state index in [2.05, 4.69) is 19.9 Å². The van der Waals surface area contributed by atoms with E-state index in [1.807, 2.05) is 42.6 Å². The normalized spacial score (nSPS) is 11.0. The van der Waals surface area contributed by atoms with Gasteiger partial charge in [-0.25, -0.2) is 9.97 Å². The summed E-state index contributed by atoms with van der Waals surface area (Å²) in [7, 11) is 0. The zero-order chi connectivity index (χ0) is 13.4. The van der Waals surface area contributed by atoms with Crippen molar-refractivity contribution in [2.75, 3.05) is 0 Å². The monoisotopic (exact) mass is 258 g/mol. The van der Waals surface area contributed by atoms with E-state index in [-0.39, 0.29) is 0 Å². The Kier molecular flexibility index (Phi) is 2.39. The molecular formula is C16H10N4. The van der Waals surface area contributed by atoms with Gasteiger partial charge in [0.05, 0.1) is 11.4 Å². The maximum absolute atomic E-state index is 4.60. The summed E-state index contributed by atoms with van der Waals surface area (Å²) in [4.78, 5) is 17.5. The molecule has 4 heterocycles. The third kappa shape index (κ3) is 1.70. The molecule has 0 saturated heterocycles. The van der Waals surface area contributed by atoms with E-state index in [9.17, 15) is 0 Å². The molecule has 0 radical (unpaired) electrons. The highest BCUT2D eigenvalue weighted by Gasteiger charge is 2.07. The van der Waals surface area contributed by atoms with Gasteiger partial charge in [0, 0.05) is 40.9 Å². The Morgan fingerprint density at radius 1 is 0.750 bits per heavy atom. The Morgan fingerprint density at radius 3 is 2.75 bits per heavy atom. The van der Waals surface area contributed by atoms with Gasteiger partial charge in [0.25, 0.3) is 0 Å². The van der Waals surface area contributed by atoms with Crippen molar-refractivity contribution in [3.8, 4) is 11.4 Å². The van der Waals surface area contributed by atoms with Crippen LogP contribution in [0.5, 0.6) is 0 Å². The van der Waals surface area contributed by atoms with Gasteiger partial charge in [-0.1, -0.05) is 0 Å². The third-order valence-electron chi connectivity index (χ3n) is 3.27. The van der Waals surface area contributed by atoms with Gasteiger partial charge in [0.1, 0.15) is 0 Å². The van der Waals surface area contributed by atoms with Gasteiger partial charge >= 0.3 is 0 Å². The van der Waals surface area contributed by atoms with Crippen LogP contribution in [0, 0.1) is 0 Å². The Balaban J connectivity index is 2.01. The number of rotatable bonds is 1. The van der Waals surface area contributed by atoms with Crippen LogP contribution in [0.3, 0.4) is 0 Å². The fraction of sp³-hybridized carbons (Fsp3) is 0. The van der Waals surface area contributed by atoms with Crippen LogP contribution in [-0.2, 0) is 0 Å². The minimum Gasteiger partial charge on any atom is -0.264 e. The van der Waals surface area contributed by atoms with E-state index in [0.29, 0.717) is 0 Å². The average Bonchev–Trinajstić information content (AvgIpc) is 2.54. The van der Waals surface area contributed by atoms with Crippen LogP contribution >= 0.6 is 0 Å². The van der Waals surface area contributed by atoms with Gasteiger partial charge in [-0.3, -0.25) is 9.97 Å². The van der Waals surface area contributed by atoms with Gasteiger partial charge < -0.3 is 0 Å². The molecule has 0 aliphatic carbocycles. The molecular weight excluding hydrogens is 248 g/mol. The number of pyridine rings is 4. The highest BCUT2D eigenvalue weighted by molar-refractivity contribution is 5.93. The summed E-state index contributed by atoms with van der Waals surface area (Å²) in [5.74, 6) is 0. The SMILES string of the molecule is c1cnc2nc(-c3nccc4cnccc34)ccc2c1. The number of hydrogen-bond donors (Lipinski definition) is 0. The summed E-state index contributed by atoms with van der Waals surface area (Å²) in [6.07, 6.45) is 7.13. The van der Waals surface area contributed by atoms with Crippen LogP contribution < -0.4 is 0 Å². The molecule has 0 bridgehead atoms. The summed E-state index contributed by atoms with van der Waals surface area (Å²) in [6, 6.07) is 11.8. The fourth-order valence-corrected chi connectivity index (χ4v) is 2.31. The standard InChI is InChI=1S/C16H10N4/c1-2-11-3-4-14(20-16(11)19-7-1)15-13-6-8-17-10-12(13)5-9-18-15/h1-10H. The summed E-state index contributed by atoms with van der Waals surface area (Å²) in [5.41, 5.74) is 2.42. The molecule has 0 saturated carbocycles. The lowest BCUT2D eigenvalue weighted by molar-refractivity contribution is 1.25. The zero-order valence-electron chi connectivity index (χ0n) is 10.6. The highest BCUT2D eigenvalue weighted by atomic mass is 14.9. The van der Waals surface area contributed by atoms with Crippen LogP contribution in [0.4, 0.5) is 0 Å².